The normalized spacial score (nSPS) is 11.0. The van der Waals surface area contributed by atoms with Gasteiger partial charge in [0.2, 0.25) is 0 Å². The highest BCUT2D eigenvalue weighted by Crippen LogP contribution is 2.31. The fourth-order valence-electron chi connectivity index (χ4n) is 1.99. The number of hydrogen-bond acceptors (Lipinski definition) is 2. The highest BCUT2D eigenvalue weighted by atomic mass is 35.5. The summed E-state index contributed by atoms with van der Waals surface area (Å²) in [6.07, 6.45) is 3.62. The van der Waals surface area contributed by atoms with Gasteiger partial charge < -0.3 is 9.72 Å². The van der Waals surface area contributed by atoms with Crippen LogP contribution in [0, 0.1) is 5.82 Å². The van der Waals surface area contributed by atoms with Gasteiger partial charge in [-0.15, -0.1) is 0 Å². The molecule has 3 aromatic rings. The van der Waals surface area contributed by atoms with E-state index >= 15 is 0 Å². The molecule has 0 bridgehead atoms. The summed E-state index contributed by atoms with van der Waals surface area (Å²) in [7, 11) is 0. The smallest absolute Gasteiger partial charge is 0.137 e. The number of aromatic nitrogens is 2. The summed E-state index contributed by atoms with van der Waals surface area (Å²) in [5.74, 6) is -0.474. The lowest BCUT2D eigenvalue weighted by molar-refractivity contribution is 0.628. The first-order chi connectivity index (χ1) is 10.0. The lowest BCUT2D eigenvalue weighted by Crippen LogP contribution is -2.01. The molecular weight excluding hydrogens is 336 g/mol. The maximum absolute atomic E-state index is 13.1. The van der Waals surface area contributed by atoms with Crippen LogP contribution in [0.3, 0.4) is 0 Å². The summed E-state index contributed by atoms with van der Waals surface area (Å²) in [6.45, 7) is 0.407. The largest absolute Gasteiger partial charge is 0.377 e. The van der Waals surface area contributed by atoms with Crippen LogP contribution in [0.15, 0.2) is 36.7 Å². The quantitative estimate of drug-likeness (QED) is 0.721. The monoisotopic (exact) mass is 343 g/mol. The average molecular weight is 345 g/mol. The van der Waals surface area contributed by atoms with Crippen LogP contribution >= 0.6 is 34.8 Å². The highest BCUT2D eigenvalue weighted by molar-refractivity contribution is 6.39. The molecule has 0 radical (unpaired) electrons. The number of fused-ring (bicyclic) bond motifs is 1. The van der Waals surface area contributed by atoms with Gasteiger partial charge in [0.05, 0.1) is 33.0 Å². The van der Waals surface area contributed by atoms with Crippen molar-refractivity contribution < 1.29 is 4.39 Å². The van der Waals surface area contributed by atoms with Crippen LogP contribution < -0.4 is 5.32 Å². The second kappa shape index (κ2) is 5.72. The van der Waals surface area contributed by atoms with Gasteiger partial charge in [-0.3, -0.25) is 0 Å². The van der Waals surface area contributed by atoms with Crippen molar-refractivity contribution in [2.45, 2.75) is 6.54 Å². The molecule has 108 valence electrons. The number of imidazole rings is 1. The summed E-state index contributed by atoms with van der Waals surface area (Å²) in [6, 6.07) is 6.01. The predicted molar refractivity (Wildman–Crippen MR) is 83.9 cm³/mol. The minimum absolute atomic E-state index is 0.229. The Kier molecular flexibility index (Phi) is 3.93. The van der Waals surface area contributed by atoms with Gasteiger partial charge in [-0.1, -0.05) is 34.8 Å². The Morgan fingerprint density at radius 3 is 2.52 bits per heavy atom. The highest BCUT2D eigenvalue weighted by Gasteiger charge is 2.09. The number of benzene rings is 1. The fourth-order valence-corrected chi connectivity index (χ4v) is 2.75. The van der Waals surface area contributed by atoms with Crippen molar-refractivity contribution in [3.05, 3.63) is 63.2 Å². The van der Waals surface area contributed by atoms with Crippen molar-refractivity contribution in [2.24, 2.45) is 0 Å². The zero-order valence-electron chi connectivity index (χ0n) is 10.6. The molecule has 21 heavy (non-hydrogen) atoms. The Balaban J connectivity index is 1.83. The molecule has 3 rings (SSSR count). The molecule has 2 aromatic heterocycles. The molecule has 0 saturated heterocycles. The van der Waals surface area contributed by atoms with Crippen molar-refractivity contribution >= 4 is 46.1 Å². The Labute approximate surface area is 135 Å². The van der Waals surface area contributed by atoms with Crippen LogP contribution in [0.25, 0.3) is 5.65 Å². The third kappa shape index (κ3) is 3.07. The molecule has 1 aromatic carbocycles. The predicted octanol–water partition coefficient (Wildman–Crippen LogP) is 5.05. The van der Waals surface area contributed by atoms with E-state index in [2.05, 4.69) is 10.3 Å². The molecule has 0 amide bonds. The SMILES string of the molecule is Fc1cc(Cl)c(NCc2cn3cc(Cl)ccc3n2)c(Cl)c1. The zero-order valence-corrected chi connectivity index (χ0v) is 12.8. The number of anilines is 1. The molecule has 0 saturated carbocycles. The second-order valence-electron chi connectivity index (χ2n) is 4.44. The van der Waals surface area contributed by atoms with Crippen molar-refractivity contribution in [3.63, 3.8) is 0 Å². The van der Waals surface area contributed by atoms with Crippen molar-refractivity contribution in [1.29, 1.82) is 0 Å². The molecule has 0 unspecified atom stereocenters. The van der Waals surface area contributed by atoms with E-state index in [-0.39, 0.29) is 10.0 Å². The van der Waals surface area contributed by atoms with Crippen molar-refractivity contribution in [2.75, 3.05) is 5.32 Å². The van der Waals surface area contributed by atoms with Crippen molar-refractivity contribution in [3.8, 4) is 0 Å². The van der Waals surface area contributed by atoms with Crippen LogP contribution in [-0.2, 0) is 6.54 Å². The minimum atomic E-state index is -0.474. The number of hydrogen-bond donors (Lipinski definition) is 1. The third-order valence-electron chi connectivity index (χ3n) is 2.92. The Hall–Kier alpha value is -1.49. The third-order valence-corrected chi connectivity index (χ3v) is 3.74. The number of pyridine rings is 1. The number of rotatable bonds is 3. The van der Waals surface area contributed by atoms with Crippen LogP contribution in [0.1, 0.15) is 5.69 Å². The molecule has 0 fully saturated rings. The van der Waals surface area contributed by atoms with E-state index in [0.717, 1.165) is 11.3 Å². The lowest BCUT2D eigenvalue weighted by Gasteiger charge is -2.09. The number of halogens is 4. The fraction of sp³-hybridized carbons (Fsp3) is 0.0714. The van der Waals surface area contributed by atoms with Crippen LogP contribution in [0.5, 0.6) is 0 Å². The topological polar surface area (TPSA) is 29.3 Å². The van der Waals surface area contributed by atoms with Gasteiger partial charge in [0.15, 0.2) is 0 Å². The lowest BCUT2D eigenvalue weighted by atomic mass is 10.3. The van der Waals surface area contributed by atoms with Gasteiger partial charge >= 0.3 is 0 Å². The summed E-state index contributed by atoms with van der Waals surface area (Å²) >= 11 is 17.9. The maximum atomic E-state index is 13.1. The molecule has 0 spiro atoms. The molecule has 0 atom stereocenters. The van der Waals surface area contributed by atoms with E-state index < -0.39 is 5.82 Å². The van der Waals surface area contributed by atoms with Gasteiger partial charge in [-0.05, 0) is 24.3 Å². The Morgan fingerprint density at radius 2 is 1.81 bits per heavy atom. The van der Waals surface area contributed by atoms with E-state index in [9.17, 15) is 4.39 Å². The van der Waals surface area contributed by atoms with Gasteiger partial charge in [-0.25, -0.2) is 9.37 Å². The Morgan fingerprint density at radius 1 is 1.10 bits per heavy atom. The summed E-state index contributed by atoms with van der Waals surface area (Å²) < 4.78 is 15.0. The van der Waals surface area contributed by atoms with Gasteiger partial charge in [-0.2, -0.15) is 0 Å². The van der Waals surface area contributed by atoms with E-state index in [1.807, 2.05) is 16.7 Å². The van der Waals surface area contributed by atoms with Crippen LogP contribution in [0.4, 0.5) is 10.1 Å². The summed E-state index contributed by atoms with van der Waals surface area (Å²) in [5, 5.41) is 4.15. The second-order valence-corrected chi connectivity index (χ2v) is 5.69. The first kappa shape index (κ1) is 14.4. The summed E-state index contributed by atoms with van der Waals surface area (Å²) in [4.78, 5) is 4.43. The van der Waals surface area contributed by atoms with Gasteiger partial charge in [0, 0.05) is 12.4 Å². The van der Waals surface area contributed by atoms with Gasteiger partial charge in [0.25, 0.3) is 0 Å². The minimum Gasteiger partial charge on any atom is -0.377 e. The molecule has 3 nitrogen and oxygen atoms in total. The molecule has 0 aliphatic carbocycles. The number of nitrogens with zero attached hydrogens (tertiary/aromatic N) is 2. The molecule has 0 aliphatic rings. The van der Waals surface area contributed by atoms with E-state index in [1.165, 1.54) is 12.1 Å². The average Bonchev–Trinajstić information content (AvgIpc) is 2.79. The molecular formula is C14H9Cl3FN3. The van der Waals surface area contributed by atoms with Crippen molar-refractivity contribution in [1.82, 2.24) is 9.38 Å². The Bertz CT molecular complexity index is 793. The standard InChI is InChI=1S/C14H9Cl3FN3/c15-8-1-2-13-20-10(7-21(13)6-8)5-19-14-11(16)3-9(18)4-12(14)17/h1-4,6-7,19H,5H2. The first-order valence-electron chi connectivity index (χ1n) is 6.04. The molecule has 2 heterocycles. The number of nitrogens with one attached hydrogen (secondary N) is 1. The molecule has 0 aliphatic heterocycles. The van der Waals surface area contributed by atoms with E-state index in [0.29, 0.717) is 17.3 Å². The summed E-state index contributed by atoms with van der Waals surface area (Å²) in [5.41, 5.74) is 2.05. The maximum Gasteiger partial charge on any atom is 0.137 e. The van der Waals surface area contributed by atoms with E-state index in [1.54, 1.807) is 12.3 Å². The van der Waals surface area contributed by atoms with Gasteiger partial charge in [0.1, 0.15) is 11.5 Å². The van der Waals surface area contributed by atoms with E-state index in [4.69, 9.17) is 34.8 Å². The zero-order chi connectivity index (χ0) is 15.0. The first-order valence-corrected chi connectivity index (χ1v) is 7.18. The van der Waals surface area contributed by atoms with Crippen LogP contribution in [-0.4, -0.2) is 9.38 Å². The molecule has 1 N–H and O–H groups in total. The van der Waals surface area contributed by atoms with Crippen LogP contribution in [0.2, 0.25) is 15.1 Å². The molecule has 7 heteroatoms.